The summed E-state index contributed by atoms with van der Waals surface area (Å²) in [6, 6.07) is 5.42. The van der Waals surface area contributed by atoms with Gasteiger partial charge in [-0.05, 0) is 24.1 Å². The number of hydrogen-bond acceptors (Lipinski definition) is 3. The number of carboxylic acids is 1. The van der Waals surface area contributed by atoms with E-state index in [0.717, 1.165) is 5.56 Å². The molecule has 0 aliphatic heterocycles. The maximum absolute atomic E-state index is 10.4. The molecule has 0 aliphatic carbocycles. The first-order chi connectivity index (χ1) is 6.09. The fourth-order valence-corrected chi connectivity index (χ4v) is 0.973. The standard InChI is InChI=1S/C9H11NO3.K.H/c10-8(9(12)13)5-6-1-3-7(11)4-2-6;;/h1-4,8,11H,5,10H2,(H,12,13);;/q;+1;-1/t8-;;/m0../s1. The molecule has 0 bridgehead atoms. The Labute approximate surface area is 126 Å². The molecule has 14 heavy (non-hydrogen) atoms. The van der Waals surface area contributed by atoms with Crippen LogP contribution in [0.25, 0.3) is 0 Å². The molecule has 0 fully saturated rings. The van der Waals surface area contributed by atoms with Crippen LogP contribution in [0.2, 0.25) is 0 Å². The third-order valence-electron chi connectivity index (χ3n) is 1.71. The molecule has 1 aromatic carbocycles. The first kappa shape index (κ1) is 14.1. The van der Waals surface area contributed by atoms with Crippen LogP contribution in [0.1, 0.15) is 6.99 Å². The molecule has 0 spiro atoms. The second-order valence-electron chi connectivity index (χ2n) is 2.82. The van der Waals surface area contributed by atoms with Gasteiger partial charge in [-0.2, -0.15) is 0 Å². The third-order valence-corrected chi connectivity index (χ3v) is 1.71. The minimum Gasteiger partial charge on any atom is -1.00 e. The molecule has 0 heterocycles. The van der Waals surface area contributed by atoms with Crippen molar-refractivity contribution in [1.29, 1.82) is 0 Å². The summed E-state index contributed by atoms with van der Waals surface area (Å²) in [6.07, 6.45) is 0.273. The van der Waals surface area contributed by atoms with Crippen molar-refractivity contribution in [1.82, 2.24) is 0 Å². The summed E-state index contributed by atoms with van der Waals surface area (Å²) in [4.78, 5) is 10.4. The quantitative estimate of drug-likeness (QED) is 0.491. The maximum Gasteiger partial charge on any atom is 1.00 e. The van der Waals surface area contributed by atoms with Gasteiger partial charge in [0.25, 0.3) is 0 Å². The number of rotatable bonds is 3. The molecule has 0 aromatic heterocycles. The number of hydrogen-bond donors (Lipinski definition) is 3. The molecule has 1 aromatic rings. The Morgan fingerprint density at radius 1 is 1.43 bits per heavy atom. The van der Waals surface area contributed by atoms with Gasteiger partial charge < -0.3 is 17.4 Å². The molecule has 0 unspecified atom stereocenters. The number of aliphatic carboxylic acids is 1. The topological polar surface area (TPSA) is 83.5 Å². The first-order valence-electron chi connectivity index (χ1n) is 3.86. The van der Waals surface area contributed by atoms with E-state index in [-0.39, 0.29) is 65.0 Å². The van der Waals surface area contributed by atoms with Crippen LogP contribution < -0.4 is 57.1 Å². The number of phenolic OH excluding ortho intramolecular Hbond substituents is 1. The SMILES string of the molecule is N[C@@H](Cc1ccc(O)cc1)C(=O)O.[H-].[K+]. The van der Waals surface area contributed by atoms with Crippen molar-refractivity contribution in [3.63, 3.8) is 0 Å². The van der Waals surface area contributed by atoms with Crippen molar-refractivity contribution in [3.05, 3.63) is 29.8 Å². The number of carboxylic acid groups (broad SMARTS) is 1. The Bertz CT molecular complexity index is 305. The molecule has 5 heteroatoms. The molecule has 1 atom stereocenters. The molecule has 4 nitrogen and oxygen atoms in total. The van der Waals surface area contributed by atoms with Gasteiger partial charge in [0.1, 0.15) is 11.8 Å². The van der Waals surface area contributed by atoms with Crippen LogP contribution in [-0.2, 0) is 11.2 Å². The number of nitrogens with two attached hydrogens (primary N) is 1. The zero-order chi connectivity index (χ0) is 9.84. The molecule has 0 saturated heterocycles. The van der Waals surface area contributed by atoms with E-state index in [4.69, 9.17) is 15.9 Å². The van der Waals surface area contributed by atoms with Crippen LogP contribution in [0, 0.1) is 0 Å². The molecular weight excluding hydrogens is 209 g/mol. The van der Waals surface area contributed by atoms with Gasteiger partial charge in [-0.15, -0.1) is 0 Å². The number of aromatic hydroxyl groups is 1. The summed E-state index contributed by atoms with van der Waals surface area (Å²) in [5, 5.41) is 17.5. The largest absolute Gasteiger partial charge is 1.00 e. The monoisotopic (exact) mass is 221 g/mol. The van der Waals surface area contributed by atoms with E-state index in [0.29, 0.717) is 0 Å². The van der Waals surface area contributed by atoms with Gasteiger partial charge in [-0.1, -0.05) is 12.1 Å². The van der Waals surface area contributed by atoms with E-state index < -0.39 is 12.0 Å². The number of phenols is 1. The number of carbonyl (C=O) groups is 1. The van der Waals surface area contributed by atoms with Crippen LogP contribution in [0.15, 0.2) is 24.3 Å². The van der Waals surface area contributed by atoms with Crippen LogP contribution in [0.5, 0.6) is 5.75 Å². The Balaban J connectivity index is 0. The average Bonchev–Trinajstić information content (AvgIpc) is 2.08. The van der Waals surface area contributed by atoms with Crippen molar-refractivity contribution in [2.45, 2.75) is 12.5 Å². The predicted octanol–water partition coefficient (Wildman–Crippen LogP) is -2.54. The molecule has 72 valence electrons. The summed E-state index contributed by atoms with van der Waals surface area (Å²) in [7, 11) is 0. The van der Waals surface area contributed by atoms with Gasteiger partial charge >= 0.3 is 57.4 Å². The van der Waals surface area contributed by atoms with E-state index in [9.17, 15) is 4.79 Å². The molecular formula is C9H12KNO3. The smallest absolute Gasteiger partial charge is 1.00 e. The minimum absolute atomic E-state index is 0. The second-order valence-corrected chi connectivity index (χ2v) is 2.82. The Kier molecular flexibility index (Phi) is 6.59. The van der Waals surface area contributed by atoms with Crippen LogP contribution in [0.3, 0.4) is 0 Å². The van der Waals surface area contributed by atoms with Gasteiger partial charge in [0.05, 0.1) is 0 Å². The molecule has 0 radical (unpaired) electrons. The first-order valence-corrected chi connectivity index (χ1v) is 3.86. The Hall–Kier alpha value is 0.0864. The molecule has 0 aliphatic rings. The Morgan fingerprint density at radius 3 is 2.36 bits per heavy atom. The van der Waals surface area contributed by atoms with Crippen molar-refractivity contribution in [3.8, 4) is 5.75 Å². The number of benzene rings is 1. The zero-order valence-electron chi connectivity index (χ0n) is 8.97. The molecule has 0 saturated carbocycles. The van der Waals surface area contributed by atoms with Crippen molar-refractivity contribution >= 4 is 5.97 Å². The van der Waals surface area contributed by atoms with Crippen molar-refractivity contribution < 1.29 is 67.8 Å². The van der Waals surface area contributed by atoms with Gasteiger partial charge in [0.15, 0.2) is 0 Å². The molecule has 1 rings (SSSR count). The van der Waals surface area contributed by atoms with Crippen molar-refractivity contribution in [2.24, 2.45) is 5.73 Å². The molecule has 4 N–H and O–H groups in total. The van der Waals surface area contributed by atoms with Crippen LogP contribution in [0.4, 0.5) is 0 Å². The van der Waals surface area contributed by atoms with E-state index in [1.54, 1.807) is 12.1 Å². The summed E-state index contributed by atoms with van der Waals surface area (Å²) < 4.78 is 0. The van der Waals surface area contributed by atoms with Gasteiger partial charge in [0, 0.05) is 0 Å². The summed E-state index contributed by atoms with van der Waals surface area (Å²) >= 11 is 0. The average molecular weight is 221 g/mol. The fraction of sp³-hybridized carbons (Fsp3) is 0.222. The van der Waals surface area contributed by atoms with Gasteiger partial charge in [0.2, 0.25) is 0 Å². The van der Waals surface area contributed by atoms with E-state index in [1.807, 2.05) is 0 Å². The summed E-state index contributed by atoms with van der Waals surface area (Å²) in [5.74, 6) is -0.860. The van der Waals surface area contributed by atoms with Gasteiger partial charge in [-0.3, -0.25) is 4.79 Å². The van der Waals surface area contributed by atoms with E-state index in [1.165, 1.54) is 12.1 Å². The maximum atomic E-state index is 10.4. The van der Waals surface area contributed by atoms with Crippen molar-refractivity contribution in [2.75, 3.05) is 0 Å². The van der Waals surface area contributed by atoms with Crippen LogP contribution in [-0.4, -0.2) is 22.2 Å². The van der Waals surface area contributed by atoms with E-state index >= 15 is 0 Å². The minimum atomic E-state index is -1.02. The summed E-state index contributed by atoms with van der Waals surface area (Å²) in [5.41, 5.74) is 6.12. The molecule has 0 amide bonds. The summed E-state index contributed by atoms with van der Waals surface area (Å²) in [6.45, 7) is 0. The Morgan fingerprint density at radius 2 is 1.93 bits per heavy atom. The second kappa shape index (κ2) is 6.55. The third kappa shape index (κ3) is 4.54. The van der Waals surface area contributed by atoms with Crippen LogP contribution >= 0.6 is 0 Å². The normalized spacial score (nSPS) is 11.5. The fourth-order valence-electron chi connectivity index (χ4n) is 0.973. The zero-order valence-corrected chi connectivity index (χ0v) is 11.1. The van der Waals surface area contributed by atoms with Gasteiger partial charge in [-0.25, -0.2) is 0 Å². The predicted molar refractivity (Wildman–Crippen MR) is 48.5 cm³/mol. The van der Waals surface area contributed by atoms with E-state index in [2.05, 4.69) is 0 Å².